The molecule has 0 saturated heterocycles. The van der Waals surface area contributed by atoms with Crippen LogP contribution in [-0.2, 0) is 10.1 Å². The maximum Gasteiger partial charge on any atom is 0.294 e. The third-order valence-electron chi connectivity index (χ3n) is 2.38. The van der Waals surface area contributed by atoms with Gasteiger partial charge in [0.05, 0.1) is 4.90 Å². The fourth-order valence-corrected chi connectivity index (χ4v) is 1.90. The summed E-state index contributed by atoms with van der Waals surface area (Å²) in [5.74, 6) is 1.17. The van der Waals surface area contributed by atoms with Gasteiger partial charge in [-0.15, -0.1) is 0 Å². The molecule has 0 spiro atoms. The first kappa shape index (κ1) is 12.6. The largest absolute Gasteiger partial charge is 0.457 e. The zero-order valence-corrected chi connectivity index (χ0v) is 10.5. The van der Waals surface area contributed by atoms with Gasteiger partial charge in [-0.25, -0.2) is 0 Å². The molecular formula is C13H12O4S. The van der Waals surface area contributed by atoms with Gasteiger partial charge in [0.1, 0.15) is 11.5 Å². The Hall–Kier alpha value is -1.85. The summed E-state index contributed by atoms with van der Waals surface area (Å²) < 4.78 is 36.1. The van der Waals surface area contributed by atoms with E-state index < -0.39 is 10.1 Å². The highest BCUT2D eigenvalue weighted by Crippen LogP contribution is 2.22. The van der Waals surface area contributed by atoms with Gasteiger partial charge in [-0.05, 0) is 43.3 Å². The molecule has 0 unspecified atom stereocenters. The third-order valence-corrected chi connectivity index (χ3v) is 3.25. The van der Waals surface area contributed by atoms with Crippen LogP contribution in [0.4, 0.5) is 0 Å². The standard InChI is InChI=1S/C13H12O4S/c1-10-2-4-11(5-3-10)17-12-6-8-13(9-7-12)18(14,15)16/h2-9H,1H3,(H,14,15,16). The maximum atomic E-state index is 10.9. The number of aryl methyl sites for hydroxylation is 1. The van der Waals surface area contributed by atoms with Crippen LogP contribution in [0, 0.1) is 6.92 Å². The molecule has 18 heavy (non-hydrogen) atoms. The summed E-state index contributed by atoms with van der Waals surface area (Å²) in [6.45, 7) is 1.98. The predicted octanol–water partition coefficient (Wildman–Crippen LogP) is 3.03. The molecule has 0 aliphatic rings. The molecule has 0 bridgehead atoms. The van der Waals surface area contributed by atoms with Gasteiger partial charge in [0.15, 0.2) is 0 Å². The van der Waals surface area contributed by atoms with E-state index in [1.54, 1.807) is 0 Å². The minimum atomic E-state index is -4.15. The van der Waals surface area contributed by atoms with Crippen molar-refractivity contribution in [1.82, 2.24) is 0 Å². The molecule has 1 N–H and O–H groups in total. The second kappa shape index (κ2) is 4.80. The lowest BCUT2D eigenvalue weighted by atomic mass is 10.2. The van der Waals surface area contributed by atoms with Gasteiger partial charge < -0.3 is 4.74 Å². The summed E-state index contributed by atoms with van der Waals surface area (Å²) in [6.07, 6.45) is 0. The molecule has 0 atom stereocenters. The number of ether oxygens (including phenoxy) is 1. The van der Waals surface area contributed by atoms with Crippen LogP contribution in [0.2, 0.25) is 0 Å². The first-order valence-electron chi connectivity index (χ1n) is 5.27. The van der Waals surface area contributed by atoms with E-state index in [-0.39, 0.29) is 4.90 Å². The van der Waals surface area contributed by atoms with Gasteiger partial charge in [-0.1, -0.05) is 17.7 Å². The molecule has 0 fully saturated rings. The monoisotopic (exact) mass is 264 g/mol. The summed E-state index contributed by atoms with van der Waals surface area (Å²) in [5, 5.41) is 0. The Labute approximate surface area is 106 Å². The molecule has 0 radical (unpaired) electrons. The summed E-state index contributed by atoms with van der Waals surface area (Å²) in [6, 6.07) is 13.0. The van der Waals surface area contributed by atoms with Crippen molar-refractivity contribution in [3.63, 3.8) is 0 Å². The molecule has 2 rings (SSSR count). The van der Waals surface area contributed by atoms with E-state index in [1.165, 1.54) is 24.3 Å². The van der Waals surface area contributed by atoms with Crippen LogP contribution in [0.5, 0.6) is 11.5 Å². The van der Waals surface area contributed by atoms with E-state index in [9.17, 15) is 8.42 Å². The molecule has 0 aliphatic carbocycles. The molecule has 4 nitrogen and oxygen atoms in total. The minimum absolute atomic E-state index is 0.154. The van der Waals surface area contributed by atoms with Crippen molar-refractivity contribution in [2.45, 2.75) is 11.8 Å². The Morgan fingerprint density at radius 1 is 0.889 bits per heavy atom. The van der Waals surface area contributed by atoms with Crippen LogP contribution in [0.15, 0.2) is 53.4 Å². The van der Waals surface area contributed by atoms with Crippen LogP contribution in [-0.4, -0.2) is 13.0 Å². The van der Waals surface area contributed by atoms with Crippen molar-refractivity contribution >= 4 is 10.1 Å². The summed E-state index contributed by atoms with van der Waals surface area (Å²) in [4.78, 5) is -0.154. The smallest absolute Gasteiger partial charge is 0.294 e. The molecule has 0 aromatic heterocycles. The van der Waals surface area contributed by atoms with Crippen molar-refractivity contribution in [3.05, 3.63) is 54.1 Å². The Bertz CT molecular complexity index is 628. The summed E-state index contributed by atoms with van der Waals surface area (Å²) in [5.41, 5.74) is 1.13. The van der Waals surface area contributed by atoms with Gasteiger partial charge in [-0.2, -0.15) is 8.42 Å². The lowest BCUT2D eigenvalue weighted by Crippen LogP contribution is -1.97. The molecule has 2 aromatic carbocycles. The Balaban J connectivity index is 2.18. The summed E-state index contributed by atoms with van der Waals surface area (Å²) >= 11 is 0. The highest BCUT2D eigenvalue weighted by atomic mass is 32.2. The van der Waals surface area contributed by atoms with Crippen molar-refractivity contribution < 1.29 is 17.7 Å². The van der Waals surface area contributed by atoms with Crippen LogP contribution in [0.3, 0.4) is 0 Å². The number of hydrogen-bond acceptors (Lipinski definition) is 3. The van der Waals surface area contributed by atoms with Crippen LogP contribution >= 0.6 is 0 Å². The fourth-order valence-electron chi connectivity index (χ4n) is 1.42. The lowest BCUT2D eigenvalue weighted by molar-refractivity contribution is 0.478. The molecular weight excluding hydrogens is 252 g/mol. The van der Waals surface area contributed by atoms with Gasteiger partial charge in [0, 0.05) is 0 Å². The third kappa shape index (κ3) is 3.09. The zero-order valence-electron chi connectivity index (χ0n) is 9.70. The highest BCUT2D eigenvalue weighted by Gasteiger charge is 2.08. The average Bonchev–Trinajstić information content (AvgIpc) is 2.32. The van der Waals surface area contributed by atoms with Crippen molar-refractivity contribution in [1.29, 1.82) is 0 Å². The second-order valence-electron chi connectivity index (χ2n) is 3.86. The molecule has 94 valence electrons. The van der Waals surface area contributed by atoms with Gasteiger partial charge >= 0.3 is 0 Å². The number of benzene rings is 2. The van der Waals surface area contributed by atoms with Gasteiger partial charge in [0.2, 0.25) is 0 Å². The molecule has 0 saturated carbocycles. The van der Waals surface area contributed by atoms with E-state index in [0.717, 1.165) is 5.56 Å². The molecule has 5 heteroatoms. The summed E-state index contributed by atoms with van der Waals surface area (Å²) in [7, 11) is -4.15. The van der Waals surface area contributed by atoms with Crippen LogP contribution in [0.25, 0.3) is 0 Å². The quantitative estimate of drug-likeness (QED) is 0.865. The normalized spacial score (nSPS) is 11.2. The molecule has 0 amide bonds. The molecule has 0 heterocycles. The molecule has 2 aromatic rings. The van der Waals surface area contributed by atoms with E-state index in [4.69, 9.17) is 9.29 Å². The predicted molar refractivity (Wildman–Crippen MR) is 67.5 cm³/mol. The van der Waals surface area contributed by atoms with E-state index in [2.05, 4.69) is 0 Å². The highest BCUT2D eigenvalue weighted by molar-refractivity contribution is 7.85. The van der Waals surface area contributed by atoms with E-state index >= 15 is 0 Å². The van der Waals surface area contributed by atoms with E-state index in [1.807, 2.05) is 31.2 Å². The average molecular weight is 264 g/mol. The minimum Gasteiger partial charge on any atom is -0.457 e. The zero-order chi connectivity index (χ0) is 13.2. The first-order valence-corrected chi connectivity index (χ1v) is 6.71. The van der Waals surface area contributed by atoms with Gasteiger partial charge in [0.25, 0.3) is 10.1 Å². The Kier molecular flexibility index (Phi) is 3.36. The molecule has 0 aliphatic heterocycles. The van der Waals surface area contributed by atoms with Crippen molar-refractivity contribution in [3.8, 4) is 11.5 Å². The fraction of sp³-hybridized carbons (Fsp3) is 0.0769. The Morgan fingerprint density at radius 2 is 1.33 bits per heavy atom. The lowest BCUT2D eigenvalue weighted by Gasteiger charge is -2.06. The number of hydrogen-bond donors (Lipinski definition) is 1. The van der Waals surface area contributed by atoms with Crippen LogP contribution in [0.1, 0.15) is 5.56 Å². The van der Waals surface area contributed by atoms with Crippen molar-refractivity contribution in [2.24, 2.45) is 0 Å². The topological polar surface area (TPSA) is 63.6 Å². The SMILES string of the molecule is Cc1ccc(Oc2ccc(S(=O)(=O)O)cc2)cc1. The van der Waals surface area contributed by atoms with Crippen LogP contribution < -0.4 is 4.74 Å². The Morgan fingerprint density at radius 3 is 1.78 bits per heavy atom. The van der Waals surface area contributed by atoms with Gasteiger partial charge in [-0.3, -0.25) is 4.55 Å². The first-order chi connectivity index (χ1) is 8.45. The van der Waals surface area contributed by atoms with E-state index in [0.29, 0.717) is 11.5 Å². The number of rotatable bonds is 3. The second-order valence-corrected chi connectivity index (χ2v) is 5.28. The maximum absolute atomic E-state index is 10.9. The van der Waals surface area contributed by atoms with Crippen molar-refractivity contribution in [2.75, 3.05) is 0 Å².